The van der Waals surface area contributed by atoms with Crippen LogP contribution in [0.2, 0.25) is 0 Å². The van der Waals surface area contributed by atoms with Crippen LogP contribution >= 0.6 is 11.8 Å². The standard InChI is InChI=1S/C11H11FN6S/c12-10-8(6-14)2-1-3-9(10)7-19-11-15-16-17-18(11)5-4-13/h1-3H,4-5,7,13H2. The number of nitrogens with two attached hydrogens (primary N) is 1. The van der Waals surface area contributed by atoms with E-state index in [-0.39, 0.29) is 5.56 Å². The van der Waals surface area contributed by atoms with Crippen LogP contribution < -0.4 is 5.73 Å². The second-order valence-electron chi connectivity index (χ2n) is 3.65. The second-order valence-corrected chi connectivity index (χ2v) is 4.59. The van der Waals surface area contributed by atoms with E-state index in [2.05, 4.69) is 15.5 Å². The van der Waals surface area contributed by atoms with E-state index in [1.165, 1.54) is 17.8 Å². The molecule has 0 bridgehead atoms. The third-order valence-electron chi connectivity index (χ3n) is 2.40. The van der Waals surface area contributed by atoms with Gasteiger partial charge in [0.15, 0.2) is 0 Å². The van der Waals surface area contributed by atoms with Gasteiger partial charge in [0.2, 0.25) is 5.16 Å². The smallest absolute Gasteiger partial charge is 0.209 e. The van der Waals surface area contributed by atoms with Gasteiger partial charge in [-0.3, -0.25) is 0 Å². The van der Waals surface area contributed by atoms with Crippen molar-refractivity contribution in [1.82, 2.24) is 20.2 Å². The molecule has 1 aromatic heterocycles. The molecule has 19 heavy (non-hydrogen) atoms. The molecule has 8 heteroatoms. The fourth-order valence-corrected chi connectivity index (χ4v) is 2.36. The molecule has 0 unspecified atom stereocenters. The van der Waals surface area contributed by atoms with Crippen molar-refractivity contribution >= 4 is 11.8 Å². The van der Waals surface area contributed by atoms with E-state index in [9.17, 15) is 4.39 Å². The zero-order chi connectivity index (χ0) is 13.7. The number of halogens is 1. The lowest BCUT2D eigenvalue weighted by Crippen LogP contribution is -2.12. The molecule has 6 nitrogen and oxygen atoms in total. The van der Waals surface area contributed by atoms with Gasteiger partial charge < -0.3 is 5.73 Å². The van der Waals surface area contributed by atoms with E-state index in [0.29, 0.717) is 29.6 Å². The fourth-order valence-electron chi connectivity index (χ4n) is 1.48. The number of hydrogen-bond donors (Lipinski definition) is 1. The SMILES string of the molecule is N#Cc1cccc(CSc2nnnn2CCN)c1F. The van der Waals surface area contributed by atoms with Gasteiger partial charge in [-0.1, -0.05) is 23.9 Å². The first-order valence-electron chi connectivity index (χ1n) is 5.52. The van der Waals surface area contributed by atoms with E-state index >= 15 is 0 Å². The van der Waals surface area contributed by atoms with Crippen molar-refractivity contribution in [3.63, 3.8) is 0 Å². The van der Waals surface area contributed by atoms with E-state index in [1.807, 2.05) is 6.07 Å². The summed E-state index contributed by atoms with van der Waals surface area (Å²) < 4.78 is 15.4. The number of nitriles is 1. The Bertz CT molecular complexity index is 605. The molecule has 0 saturated carbocycles. The Morgan fingerprint density at radius 2 is 2.32 bits per heavy atom. The van der Waals surface area contributed by atoms with Crippen LogP contribution in [-0.2, 0) is 12.3 Å². The van der Waals surface area contributed by atoms with E-state index in [4.69, 9.17) is 11.0 Å². The van der Waals surface area contributed by atoms with Gasteiger partial charge in [0.1, 0.15) is 11.9 Å². The monoisotopic (exact) mass is 278 g/mol. The summed E-state index contributed by atoms with van der Waals surface area (Å²) in [5, 5.41) is 20.5. The Labute approximate surface area is 113 Å². The number of tetrazole rings is 1. The highest BCUT2D eigenvalue weighted by molar-refractivity contribution is 7.98. The van der Waals surface area contributed by atoms with Gasteiger partial charge in [0, 0.05) is 12.3 Å². The summed E-state index contributed by atoms with van der Waals surface area (Å²) >= 11 is 1.30. The van der Waals surface area contributed by atoms with Crippen molar-refractivity contribution in [2.75, 3.05) is 6.54 Å². The number of aromatic nitrogens is 4. The Balaban J connectivity index is 2.11. The third-order valence-corrected chi connectivity index (χ3v) is 3.40. The van der Waals surface area contributed by atoms with Crippen LogP contribution in [0.1, 0.15) is 11.1 Å². The molecular formula is C11H11FN6S. The highest BCUT2D eigenvalue weighted by Crippen LogP contribution is 2.22. The molecule has 0 saturated heterocycles. The van der Waals surface area contributed by atoms with Crippen LogP contribution in [0.4, 0.5) is 4.39 Å². The van der Waals surface area contributed by atoms with Gasteiger partial charge in [-0.05, 0) is 22.1 Å². The molecule has 0 aliphatic heterocycles. The first kappa shape index (κ1) is 13.5. The van der Waals surface area contributed by atoms with Crippen molar-refractivity contribution in [1.29, 1.82) is 5.26 Å². The van der Waals surface area contributed by atoms with Crippen LogP contribution in [0, 0.1) is 17.1 Å². The summed E-state index contributed by atoms with van der Waals surface area (Å²) in [5.41, 5.74) is 5.93. The summed E-state index contributed by atoms with van der Waals surface area (Å²) in [6.07, 6.45) is 0. The summed E-state index contributed by atoms with van der Waals surface area (Å²) in [6, 6.07) is 6.55. The van der Waals surface area contributed by atoms with Crippen molar-refractivity contribution in [2.24, 2.45) is 5.73 Å². The first-order valence-corrected chi connectivity index (χ1v) is 6.51. The maximum Gasteiger partial charge on any atom is 0.209 e. The molecule has 0 atom stereocenters. The summed E-state index contributed by atoms with van der Waals surface area (Å²) in [7, 11) is 0. The average Bonchev–Trinajstić information content (AvgIpc) is 2.85. The minimum atomic E-state index is -0.490. The minimum Gasteiger partial charge on any atom is -0.329 e. The van der Waals surface area contributed by atoms with Gasteiger partial charge in [0.05, 0.1) is 12.1 Å². The Kier molecular flexibility index (Phi) is 4.43. The van der Waals surface area contributed by atoms with E-state index in [0.717, 1.165) is 0 Å². The minimum absolute atomic E-state index is 0.0413. The Hall–Kier alpha value is -1.98. The predicted octanol–water partition coefficient (Wildman–Crippen LogP) is 0.935. The third kappa shape index (κ3) is 3.07. The molecule has 0 fully saturated rings. The molecule has 98 valence electrons. The molecule has 0 aliphatic rings. The topological polar surface area (TPSA) is 93.4 Å². The van der Waals surface area contributed by atoms with Gasteiger partial charge >= 0.3 is 0 Å². The van der Waals surface area contributed by atoms with Crippen molar-refractivity contribution in [2.45, 2.75) is 17.5 Å². The normalized spacial score (nSPS) is 10.4. The molecule has 1 aromatic carbocycles. The summed E-state index contributed by atoms with van der Waals surface area (Å²) in [4.78, 5) is 0. The zero-order valence-corrected chi connectivity index (χ0v) is 10.8. The molecule has 0 amide bonds. The van der Waals surface area contributed by atoms with Gasteiger partial charge in [0.25, 0.3) is 0 Å². The van der Waals surface area contributed by atoms with Crippen LogP contribution in [0.25, 0.3) is 0 Å². The lowest BCUT2D eigenvalue weighted by Gasteiger charge is -2.04. The highest BCUT2D eigenvalue weighted by atomic mass is 32.2. The molecule has 0 radical (unpaired) electrons. The number of benzene rings is 1. The van der Waals surface area contributed by atoms with Crippen LogP contribution in [0.5, 0.6) is 0 Å². The molecule has 2 N–H and O–H groups in total. The van der Waals surface area contributed by atoms with E-state index in [1.54, 1.807) is 16.8 Å². The quantitative estimate of drug-likeness (QED) is 0.818. The largest absolute Gasteiger partial charge is 0.329 e. The fraction of sp³-hybridized carbons (Fsp3) is 0.273. The summed E-state index contributed by atoms with van der Waals surface area (Å²) in [6.45, 7) is 0.937. The lowest BCUT2D eigenvalue weighted by molar-refractivity contribution is 0.556. The molecule has 2 aromatic rings. The second kappa shape index (κ2) is 6.26. The molecule has 0 aliphatic carbocycles. The van der Waals surface area contributed by atoms with Crippen LogP contribution in [-0.4, -0.2) is 26.8 Å². The molecule has 2 rings (SSSR count). The maximum atomic E-state index is 13.8. The van der Waals surface area contributed by atoms with Crippen molar-refractivity contribution in [3.8, 4) is 6.07 Å². The van der Waals surface area contributed by atoms with E-state index < -0.39 is 5.82 Å². The Morgan fingerprint density at radius 1 is 1.47 bits per heavy atom. The van der Waals surface area contributed by atoms with Gasteiger partial charge in [-0.25, -0.2) is 9.07 Å². The number of thioether (sulfide) groups is 1. The number of nitrogens with zero attached hydrogens (tertiary/aromatic N) is 5. The lowest BCUT2D eigenvalue weighted by atomic mass is 10.1. The summed E-state index contributed by atoms with van der Waals surface area (Å²) in [5.74, 6) is -0.137. The maximum absolute atomic E-state index is 13.8. The number of hydrogen-bond acceptors (Lipinski definition) is 6. The molecular weight excluding hydrogens is 267 g/mol. The molecule has 1 heterocycles. The van der Waals surface area contributed by atoms with Gasteiger partial charge in [-0.15, -0.1) is 5.10 Å². The first-order chi connectivity index (χ1) is 9.26. The van der Waals surface area contributed by atoms with Crippen molar-refractivity contribution < 1.29 is 4.39 Å². The average molecular weight is 278 g/mol. The van der Waals surface area contributed by atoms with Crippen LogP contribution in [0.15, 0.2) is 23.4 Å². The zero-order valence-electron chi connectivity index (χ0n) is 9.95. The predicted molar refractivity (Wildman–Crippen MR) is 67.5 cm³/mol. The Morgan fingerprint density at radius 3 is 3.05 bits per heavy atom. The van der Waals surface area contributed by atoms with Crippen molar-refractivity contribution in [3.05, 3.63) is 35.1 Å². The van der Waals surface area contributed by atoms with Gasteiger partial charge in [-0.2, -0.15) is 5.26 Å². The number of rotatable bonds is 5. The molecule has 0 spiro atoms. The van der Waals surface area contributed by atoms with Crippen LogP contribution in [0.3, 0.4) is 0 Å². The highest BCUT2D eigenvalue weighted by Gasteiger charge is 2.11.